The monoisotopic (exact) mass is 339 g/mol. The first-order valence-corrected chi connectivity index (χ1v) is 9.03. The molecule has 0 N–H and O–H groups in total. The van der Waals surface area contributed by atoms with Crippen molar-refractivity contribution in [3.05, 3.63) is 47.0 Å². The molecule has 0 aliphatic rings. The van der Waals surface area contributed by atoms with Crippen LogP contribution in [-0.4, -0.2) is 35.6 Å². The minimum atomic E-state index is -3.55. The first kappa shape index (κ1) is 17.6. The maximum absolute atomic E-state index is 13.0. The van der Waals surface area contributed by atoms with E-state index in [2.05, 4.69) is 5.10 Å². The summed E-state index contributed by atoms with van der Waals surface area (Å²) in [5.74, 6) is -0.299. The molecule has 0 aliphatic carbocycles. The van der Waals surface area contributed by atoms with Gasteiger partial charge in [0, 0.05) is 13.1 Å². The van der Waals surface area contributed by atoms with E-state index in [9.17, 15) is 12.8 Å². The van der Waals surface area contributed by atoms with Crippen LogP contribution in [-0.2, 0) is 16.6 Å². The molecule has 126 valence electrons. The summed E-state index contributed by atoms with van der Waals surface area (Å²) in [5.41, 5.74) is 1.94. The molecule has 0 spiro atoms. The molecular weight excluding hydrogens is 317 g/mol. The molecule has 0 fully saturated rings. The third kappa shape index (κ3) is 3.45. The van der Waals surface area contributed by atoms with Gasteiger partial charge in [-0.15, -0.1) is 0 Å². The van der Waals surface area contributed by atoms with Gasteiger partial charge in [-0.1, -0.05) is 26.0 Å². The van der Waals surface area contributed by atoms with Gasteiger partial charge in [-0.3, -0.25) is 4.68 Å². The van der Waals surface area contributed by atoms with E-state index in [1.807, 2.05) is 13.8 Å². The Morgan fingerprint density at radius 3 is 2.22 bits per heavy atom. The highest BCUT2D eigenvalue weighted by molar-refractivity contribution is 7.89. The Morgan fingerprint density at radius 1 is 1.13 bits per heavy atom. The van der Waals surface area contributed by atoms with Crippen molar-refractivity contribution >= 4 is 10.0 Å². The lowest BCUT2D eigenvalue weighted by molar-refractivity contribution is 0.444. The fraction of sp³-hybridized carbons (Fsp3) is 0.438. The van der Waals surface area contributed by atoms with Crippen LogP contribution < -0.4 is 0 Å². The van der Waals surface area contributed by atoms with Gasteiger partial charge in [0.15, 0.2) is 0 Å². The fourth-order valence-corrected chi connectivity index (χ4v) is 4.49. The van der Waals surface area contributed by atoms with E-state index < -0.39 is 10.0 Å². The molecule has 0 radical (unpaired) electrons. The third-order valence-electron chi connectivity index (χ3n) is 3.86. The van der Waals surface area contributed by atoms with E-state index >= 15 is 0 Å². The Hall–Kier alpha value is -1.73. The van der Waals surface area contributed by atoms with Gasteiger partial charge in [0.05, 0.1) is 17.9 Å². The molecule has 1 heterocycles. The second-order valence-corrected chi connectivity index (χ2v) is 7.25. The van der Waals surface area contributed by atoms with Crippen molar-refractivity contribution in [2.45, 2.75) is 39.1 Å². The predicted octanol–water partition coefficient (Wildman–Crippen LogP) is 2.72. The maximum Gasteiger partial charge on any atom is 0.246 e. The van der Waals surface area contributed by atoms with Gasteiger partial charge in [0.25, 0.3) is 0 Å². The van der Waals surface area contributed by atoms with Crippen LogP contribution in [0.3, 0.4) is 0 Å². The maximum atomic E-state index is 13.0. The molecule has 0 saturated heterocycles. The number of rotatable bonds is 6. The van der Waals surface area contributed by atoms with Crippen molar-refractivity contribution < 1.29 is 12.8 Å². The van der Waals surface area contributed by atoms with Gasteiger partial charge < -0.3 is 0 Å². The van der Waals surface area contributed by atoms with Crippen LogP contribution in [0.5, 0.6) is 0 Å². The van der Waals surface area contributed by atoms with Crippen molar-refractivity contribution in [2.75, 3.05) is 13.1 Å². The molecule has 0 bridgehead atoms. The van der Waals surface area contributed by atoms with E-state index in [0.717, 1.165) is 5.56 Å². The number of aromatic nitrogens is 2. The van der Waals surface area contributed by atoms with Gasteiger partial charge in [-0.25, -0.2) is 12.8 Å². The van der Waals surface area contributed by atoms with Gasteiger partial charge in [0.1, 0.15) is 10.7 Å². The van der Waals surface area contributed by atoms with Crippen LogP contribution in [0.4, 0.5) is 4.39 Å². The number of benzene rings is 1. The molecule has 0 saturated carbocycles. The Bertz CT molecular complexity index is 778. The van der Waals surface area contributed by atoms with Crippen LogP contribution in [0.15, 0.2) is 29.2 Å². The van der Waals surface area contributed by atoms with E-state index in [0.29, 0.717) is 31.0 Å². The van der Waals surface area contributed by atoms with Crippen LogP contribution in [0.25, 0.3) is 0 Å². The second-order valence-electron chi connectivity index (χ2n) is 5.37. The van der Waals surface area contributed by atoms with Crippen molar-refractivity contribution in [1.29, 1.82) is 0 Å². The van der Waals surface area contributed by atoms with Crippen molar-refractivity contribution in [2.24, 2.45) is 0 Å². The summed E-state index contributed by atoms with van der Waals surface area (Å²) >= 11 is 0. The molecular formula is C16H22FN3O2S. The molecule has 0 aliphatic heterocycles. The van der Waals surface area contributed by atoms with E-state index in [1.54, 1.807) is 30.7 Å². The van der Waals surface area contributed by atoms with E-state index in [1.165, 1.54) is 16.4 Å². The number of sulfonamides is 1. The molecule has 1 aromatic heterocycles. The topological polar surface area (TPSA) is 55.2 Å². The molecule has 1 aromatic carbocycles. The van der Waals surface area contributed by atoms with Crippen LogP contribution in [0.1, 0.15) is 30.8 Å². The van der Waals surface area contributed by atoms with Crippen LogP contribution in [0, 0.1) is 19.7 Å². The fourth-order valence-electron chi connectivity index (χ4n) is 2.66. The normalized spacial score (nSPS) is 12.1. The molecule has 23 heavy (non-hydrogen) atoms. The van der Waals surface area contributed by atoms with Gasteiger partial charge in [0.2, 0.25) is 10.0 Å². The first-order valence-electron chi connectivity index (χ1n) is 7.59. The number of nitrogens with zero attached hydrogens (tertiary/aromatic N) is 3. The standard InChI is InChI=1S/C16H22FN3O2S/c1-5-19(6-2)23(21,22)16-12(3)18-20(13(16)4)11-14-7-9-15(17)10-8-14/h7-10H,5-6,11H2,1-4H3. The zero-order valence-corrected chi connectivity index (χ0v) is 14.7. The molecule has 0 amide bonds. The lowest BCUT2D eigenvalue weighted by Gasteiger charge is -2.18. The summed E-state index contributed by atoms with van der Waals surface area (Å²) in [7, 11) is -3.55. The summed E-state index contributed by atoms with van der Waals surface area (Å²) in [4.78, 5) is 0.267. The van der Waals surface area contributed by atoms with Crippen LogP contribution in [0.2, 0.25) is 0 Å². The summed E-state index contributed by atoms with van der Waals surface area (Å²) < 4.78 is 41.6. The van der Waals surface area contributed by atoms with Crippen LogP contribution >= 0.6 is 0 Å². The minimum absolute atomic E-state index is 0.267. The minimum Gasteiger partial charge on any atom is -0.264 e. The summed E-state index contributed by atoms with van der Waals surface area (Å²) in [6.07, 6.45) is 0. The Morgan fingerprint density at radius 2 is 1.70 bits per heavy atom. The van der Waals surface area contributed by atoms with Crippen molar-refractivity contribution in [3.63, 3.8) is 0 Å². The third-order valence-corrected chi connectivity index (χ3v) is 6.17. The molecule has 0 unspecified atom stereocenters. The molecule has 2 rings (SSSR count). The number of hydrogen-bond donors (Lipinski definition) is 0. The summed E-state index contributed by atoms with van der Waals surface area (Å²) in [5, 5.41) is 4.36. The summed E-state index contributed by atoms with van der Waals surface area (Å²) in [6.45, 7) is 8.32. The SMILES string of the molecule is CCN(CC)S(=O)(=O)c1c(C)nn(Cc2ccc(F)cc2)c1C. The predicted molar refractivity (Wildman–Crippen MR) is 87.3 cm³/mol. The Kier molecular flexibility index (Phi) is 5.21. The Labute approximate surface area is 136 Å². The van der Waals surface area contributed by atoms with Gasteiger partial charge >= 0.3 is 0 Å². The first-order chi connectivity index (χ1) is 10.8. The summed E-state index contributed by atoms with van der Waals surface area (Å²) in [6, 6.07) is 6.11. The quantitative estimate of drug-likeness (QED) is 0.813. The lowest BCUT2D eigenvalue weighted by atomic mass is 10.2. The average Bonchev–Trinajstić information content (AvgIpc) is 2.77. The molecule has 0 atom stereocenters. The molecule has 2 aromatic rings. The Balaban J connectivity index is 2.42. The van der Waals surface area contributed by atoms with E-state index in [4.69, 9.17) is 0 Å². The molecule has 5 nitrogen and oxygen atoms in total. The van der Waals surface area contributed by atoms with E-state index in [-0.39, 0.29) is 10.7 Å². The highest BCUT2D eigenvalue weighted by Gasteiger charge is 2.29. The number of aryl methyl sites for hydroxylation is 1. The molecule has 7 heteroatoms. The van der Waals surface area contributed by atoms with Gasteiger partial charge in [-0.2, -0.15) is 9.40 Å². The van der Waals surface area contributed by atoms with Crippen molar-refractivity contribution in [3.8, 4) is 0 Å². The number of halogens is 1. The van der Waals surface area contributed by atoms with Gasteiger partial charge in [-0.05, 0) is 31.5 Å². The highest BCUT2D eigenvalue weighted by Crippen LogP contribution is 2.24. The second kappa shape index (κ2) is 6.80. The zero-order valence-electron chi connectivity index (χ0n) is 13.9. The average molecular weight is 339 g/mol. The smallest absolute Gasteiger partial charge is 0.246 e. The largest absolute Gasteiger partial charge is 0.264 e. The number of hydrogen-bond acceptors (Lipinski definition) is 3. The zero-order chi connectivity index (χ0) is 17.2. The highest BCUT2D eigenvalue weighted by atomic mass is 32.2. The lowest BCUT2D eigenvalue weighted by Crippen LogP contribution is -2.31. The van der Waals surface area contributed by atoms with Crippen molar-refractivity contribution in [1.82, 2.24) is 14.1 Å².